The smallest absolute Gasteiger partial charge is 0.310 e. The fourth-order valence-electron chi connectivity index (χ4n) is 5.80. The third-order valence-electron chi connectivity index (χ3n) is 7.15. The van der Waals surface area contributed by atoms with Crippen LogP contribution in [0.5, 0.6) is 0 Å². The Labute approximate surface area is 165 Å². The number of ether oxygens (including phenoxy) is 2. The Hall–Kier alpha value is -2.62. The number of benzene rings is 2. The Kier molecular flexibility index (Phi) is 4.33. The molecule has 0 aromatic heterocycles. The fourth-order valence-corrected chi connectivity index (χ4v) is 5.80. The quantitative estimate of drug-likeness (QED) is 0.758. The highest BCUT2D eigenvalue weighted by Gasteiger charge is 2.82. The van der Waals surface area contributed by atoms with Gasteiger partial charge in [0.25, 0.3) is 0 Å². The summed E-state index contributed by atoms with van der Waals surface area (Å²) >= 11 is 0. The van der Waals surface area contributed by atoms with Gasteiger partial charge in [-0.25, -0.2) is 0 Å². The molecule has 2 aromatic rings. The molecule has 0 amide bonds. The largest absolute Gasteiger partial charge is 0.469 e. The van der Waals surface area contributed by atoms with Gasteiger partial charge in [0.15, 0.2) is 0 Å². The van der Waals surface area contributed by atoms with Crippen molar-refractivity contribution in [2.45, 2.75) is 37.5 Å². The molecule has 28 heavy (non-hydrogen) atoms. The van der Waals surface area contributed by atoms with Crippen molar-refractivity contribution in [1.29, 1.82) is 0 Å². The molecule has 146 valence electrons. The number of aryl methyl sites for hydroxylation is 2. The summed E-state index contributed by atoms with van der Waals surface area (Å²) in [6, 6.07) is 16.7. The molecule has 2 aliphatic rings. The van der Waals surface area contributed by atoms with Crippen LogP contribution in [0.3, 0.4) is 0 Å². The SMILES string of the molecule is COC(=O)[C@H]1[C@H](C(=O)OC)[C@]2(c3ccc(C)cc3)CC[C@]12c1ccc(C)cc1. The van der Waals surface area contributed by atoms with E-state index in [4.69, 9.17) is 9.47 Å². The first-order valence-electron chi connectivity index (χ1n) is 9.72. The van der Waals surface area contributed by atoms with E-state index in [1.807, 2.05) is 13.8 Å². The number of carbonyl (C=O) groups is 2. The van der Waals surface area contributed by atoms with Crippen molar-refractivity contribution in [2.24, 2.45) is 11.8 Å². The predicted molar refractivity (Wildman–Crippen MR) is 106 cm³/mol. The number of fused-ring (bicyclic) bond motifs is 1. The van der Waals surface area contributed by atoms with Crippen molar-refractivity contribution in [3.63, 3.8) is 0 Å². The van der Waals surface area contributed by atoms with E-state index in [1.54, 1.807) is 0 Å². The van der Waals surface area contributed by atoms with Crippen molar-refractivity contribution in [1.82, 2.24) is 0 Å². The van der Waals surface area contributed by atoms with E-state index in [2.05, 4.69) is 48.5 Å². The fraction of sp³-hybridized carbons (Fsp3) is 0.417. The summed E-state index contributed by atoms with van der Waals surface area (Å²) in [6.07, 6.45) is 1.69. The summed E-state index contributed by atoms with van der Waals surface area (Å²) in [5, 5.41) is 0. The number of methoxy groups -OCH3 is 2. The molecule has 2 fully saturated rings. The van der Waals surface area contributed by atoms with Crippen LogP contribution in [0.25, 0.3) is 0 Å². The Morgan fingerprint density at radius 3 is 1.29 bits per heavy atom. The number of esters is 2. The van der Waals surface area contributed by atoms with Gasteiger partial charge in [0.2, 0.25) is 0 Å². The van der Waals surface area contributed by atoms with Crippen LogP contribution in [0.15, 0.2) is 48.5 Å². The van der Waals surface area contributed by atoms with Gasteiger partial charge in [0, 0.05) is 10.8 Å². The van der Waals surface area contributed by atoms with Gasteiger partial charge < -0.3 is 9.47 Å². The summed E-state index contributed by atoms with van der Waals surface area (Å²) in [5.41, 5.74) is 3.64. The Bertz CT molecular complexity index is 837. The number of hydrogen-bond donors (Lipinski definition) is 0. The molecule has 0 heterocycles. The molecular weight excluding hydrogens is 352 g/mol. The lowest BCUT2D eigenvalue weighted by Crippen LogP contribution is -2.80. The van der Waals surface area contributed by atoms with E-state index in [0.29, 0.717) is 0 Å². The molecule has 0 saturated heterocycles. The first kappa shape index (κ1) is 18.7. The molecule has 0 bridgehead atoms. The second-order valence-electron chi connectivity index (χ2n) is 8.18. The number of hydrogen-bond acceptors (Lipinski definition) is 4. The van der Waals surface area contributed by atoms with Gasteiger partial charge in [0.1, 0.15) is 0 Å². The zero-order valence-electron chi connectivity index (χ0n) is 16.8. The Morgan fingerprint density at radius 1 is 0.714 bits per heavy atom. The monoisotopic (exact) mass is 378 g/mol. The van der Waals surface area contributed by atoms with E-state index >= 15 is 0 Å². The standard InChI is InChI=1S/C24H26O4/c1-15-5-9-17(10-6-15)23-13-14-24(23,18-11-7-16(2)8-12-18)20(22(26)28-4)19(23)21(25)27-3/h5-12,19-20H,13-14H2,1-4H3/t19-,20-,23-,24+/m1/s1. The highest BCUT2D eigenvalue weighted by Crippen LogP contribution is 2.77. The summed E-state index contributed by atoms with van der Waals surface area (Å²) < 4.78 is 10.3. The molecule has 4 atom stereocenters. The topological polar surface area (TPSA) is 52.6 Å². The van der Waals surface area contributed by atoms with E-state index < -0.39 is 22.7 Å². The summed E-state index contributed by atoms with van der Waals surface area (Å²) in [6.45, 7) is 4.09. The normalized spacial score (nSPS) is 30.4. The first-order chi connectivity index (χ1) is 13.4. The molecule has 4 nitrogen and oxygen atoms in total. The van der Waals surface area contributed by atoms with Gasteiger partial charge in [-0.05, 0) is 37.8 Å². The second-order valence-corrected chi connectivity index (χ2v) is 8.18. The molecule has 0 aliphatic heterocycles. The van der Waals surface area contributed by atoms with E-state index in [0.717, 1.165) is 24.0 Å². The third-order valence-corrected chi connectivity index (χ3v) is 7.15. The average Bonchev–Trinajstić information content (AvgIpc) is 2.70. The van der Waals surface area contributed by atoms with Crippen LogP contribution in [0.2, 0.25) is 0 Å². The lowest BCUT2D eigenvalue weighted by Gasteiger charge is -2.74. The maximum atomic E-state index is 12.9. The lowest BCUT2D eigenvalue weighted by molar-refractivity contribution is -0.213. The summed E-state index contributed by atoms with van der Waals surface area (Å²) in [4.78, 5) is 25.7. The number of rotatable bonds is 4. The molecule has 2 aliphatic carbocycles. The highest BCUT2D eigenvalue weighted by atomic mass is 16.5. The molecule has 2 saturated carbocycles. The van der Waals surface area contributed by atoms with E-state index in [1.165, 1.54) is 25.3 Å². The van der Waals surface area contributed by atoms with Gasteiger partial charge >= 0.3 is 11.9 Å². The third kappa shape index (κ3) is 2.17. The van der Waals surface area contributed by atoms with Gasteiger partial charge in [-0.2, -0.15) is 0 Å². The van der Waals surface area contributed by atoms with Crippen molar-refractivity contribution in [3.05, 3.63) is 70.8 Å². The summed E-state index contributed by atoms with van der Waals surface area (Å²) in [7, 11) is 2.79. The molecule has 0 unspecified atom stereocenters. The minimum absolute atomic E-state index is 0.335. The van der Waals surface area contributed by atoms with Crippen LogP contribution in [-0.2, 0) is 29.9 Å². The minimum Gasteiger partial charge on any atom is -0.469 e. The maximum Gasteiger partial charge on any atom is 0.310 e. The Morgan fingerprint density at radius 2 is 1.04 bits per heavy atom. The zero-order valence-corrected chi connectivity index (χ0v) is 16.8. The van der Waals surface area contributed by atoms with E-state index in [9.17, 15) is 9.59 Å². The predicted octanol–water partition coefficient (Wildman–Crippen LogP) is 3.87. The van der Waals surface area contributed by atoms with Gasteiger partial charge in [-0.3, -0.25) is 9.59 Å². The average molecular weight is 378 g/mol. The van der Waals surface area contributed by atoms with Gasteiger partial charge in [0.05, 0.1) is 26.1 Å². The number of carbonyl (C=O) groups excluding carboxylic acids is 2. The zero-order chi connectivity index (χ0) is 20.1. The minimum atomic E-state index is -0.539. The van der Waals surface area contributed by atoms with Gasteiger partial charge in [-0.1, -0.05) is 59.7 Å². The first-order valence-corrected chi connectivity index (χ1v) is 9.72. The van der Waals surface area contributed by atoms with Crippen LogP contribution in [-0.4, -0.2) is 26.2 Å². The molecule has 0 N–H and O–H groups in total. The van der Waals surface area contributed by atoms with Crippen LogP contribution in [0.4, 0.5) is 0 Å². The van der Waals surface area contributed by atoms with Gasteiger partial charge in [-0.15, -0.1) is 0 Å². The lowest BCUT2D eigenvalue weighted by atomic mass is 9.26. The van der Waals surface area contributed by atoms with Crippen LogP contribution in [0, 0.1) is 25.7 Å². The van der Waals surface area contributed by atoms with Crippen LogP contribution >= 0.6 is 0 Å². The van der Waals surface area contributed by atoms with Crippen molar-refractivity contribution in [2.75, 3.05) is 14.2 Å². The van der Waals surface area contributed by atoms with E-state index in [-0.39, 0.29) is 11.9 Å². The van der Waals surface area contributed by atoms with Crippen molar-refractivity contribution in [3.8, 4) is 0 Å². The highest BCUT2D eigenvalue weighted by molar-refractivity contribution is 5.91. The van der Waals surface area contributed by atoms with Crippen LogP contribution in [0.1, 0.15) is 35.1 Å². The molecule has 0 spiro atoms. The summed E-state index contributed by atoms with van der Waals surface area (Å²) in [5.74, 6) is -1.75. The second kappa shape index (κ2) is 6.47. The molecular formula is C24H26O4. The van der Waals surface area contributed by atoms with Crippen molar-refractivity contribution >= 4 is 11.9 Å². The van der Waals surface area contributed by atoms with Crippen molar-refractivity contribution < 1.29 is 19.1 Å². The molecule has 2 aromatic carbocycles. The molecule has 4 rings (SSSR count). The Balaban J connectivity index is 1.94. The van der Waals surface area contributed by atoms with Crippen LogP contribution < -0.4 is 0 Å². The maximum absolute atomic E-state index is 12.9. The molecule has 4 heteroatoms. The molecule has 0 radical (unpaired) electrons.